The molecule has 3 rings (SSSR count). The maximum Gasteiger partial charge on any atom is 0.308 e. The Labute approximate surface area is 158 Å². The van der Waals surface area contributed by atoms with E-state index >= 15 is 0 Å². The van der Waals surface area contributed by atoms with Gasteiger partial charge in [0, 0.05) is 26.1 Å². The van der Waals surface area contributed by atoms with Crippen LogP contribution in [0.1, 0.15) is 30.7 Å². The molecule has 0 aromatic heterocycles. The number of amides is 2. The zero-order chi connectivity index (χ0) is 19.6. The van der Waals surface area contributed by atoms with Crippen molar-refractivity contribution in [3.05, 3.63) is 29.8 Å². The van der Waals surface area contributed by atoms with Crippen molar-refractivity contribution >= 4 is 17.8 Å². The van der Waals surface area contributed by atoms with Crippen molar-refractivity contribution in [2.24, 2.45) is 11.8 Å². The molecule has 0 spiro atoms. The molecule has 1 aliphatic carbocycles. The number of carboxylic acids is 1. The minimum absolute atomic E-state index is 0.00744. The highest BCUT2D eigenvalue weighted by molar-refractivity contribution is 5.88. The number of benzene rings is 1. The number of carbonyl (C=O) groups is 3. The Morgan fingerprint density at radius 3 is 2.81 bits per heavy atom. The highest BCUT2D eigenvalue weighted by Gasteiger charge is 2.45. The molecule has 1 aromatic rings. The minimum atomic E-state index is -0.865. The van der Waals surface area contributed by atoms with E-state index < -0.39 is 11.9 Å². The number of rotatable bonds is 6. The number of nitrogens with zero attached hydrogens (tertiary/aromatic N) is 2. The number of ether oxygens (including phenoxy) is 1. The van der Waals surface area contributed by atoms with E-state index in [4.69, 9.17) is 9.84 Å². The maximum absolute atomic E-state index is 12.7. The lowest BCUT2D eigenvalue weighted by Gasteiger charge is -2.32. The monoisotopic (exact) mass is 374 g/mol. The molecule has 0 radical (unpaired) electrons. The summed E-state index contributed by atoms with van der Waals surface area (Å²) in [4.78, 5) is 39.3. The summed E-state index contributed by atoms with van der Waals surface area (Å²) in [6.07, 6.45) is 2.05. The summed E-state index contributed by atoms with van der Waals surface area (Å²) >= 11 is 0. The molecule has 1 saturated carbocycles. The molecule has 1 N–H and O–H groups in total. The van der Waals surface area contributed by atoms with E-state index in [1.807, 2.05) is 24.3 Å². The molecule has 146 valence electrons. The fourth-order valence-corrected chi connectivity index (χ4v) is 3.78. The molecule has 7 nitrogen and oxygen atoms in total. The first-order valence-electron chi connectivity index (χ1n) is 9.30. The van der Waals surface area contributed by atoms with Crippen molar-refractivity contribution in [3.8, 4) is 5.75 Å². The molecule has 3 atom stereocenters. The van der Waals surface area contributed by atoms with Gasteiger partial charge in [0.25, 0.3) is 0 Å². The van der Waals surface area contributed by atoms with Crippen LogP contribution < -0.4 is 4.74 Å². The Bertz CT molecular complexity index is 735. The standard InChI is InChI=1S/C20H26N2O5/c1-21(12-18(23)22-8-4-6-14(11-22)20(25)26)19(24)17-10-16(17)13-5-3-7-15(9-13)27-2/h3,5,7,9,14,16-17H,4,6,8,10-12H2,1-2H3,(H,25,26). The van der Waals surface area contributed by atoms with Crippen LogP contribution in [0, 0.1) is 11.8 Å². The van der Waals surface area contributed by atoms with Gasteiger partial charge >= 0.3 is 5.97 Å². The lowest BCUT2D eigenvalue weighted by molar-refractivity contribution is -0.147. The number of hydrogen-bond acceptors (Lipinski definition) is 4. The third kappa shape index (κ3) is 4.40. The van der Waals surface area contributed by atoms with Gasteiger partial charge in [0.05, 0.1) is 19.6 Å². The number of hydrogen-bond donors (Lipinski definition) is 1. The summed E-state index contributed by atoms with van der Waals surface area (Å²) < 4.78 is 5.23. The van der Waals surface area contributed by atoms with Crippen LogP contribution in [-0.2, 0) is 14.4 Å². The molecule has 2 fully saturated rings. The molecular weight excluding hydrogens is 348 g/mol. The van der Waals surface area contributed by atoms with Crippen LogP contribution in [0.2, 0.25) is 0 Å². The van der Waals surface area contributed by atoms with Crippen molar-refractivity contribution in [1.29, 1.82) is 0 Å². The minimum Gasteiger partial charge on any atom is -0.497 e. The number of piperidine rings is 1. The van der Waals surface area contributed by atoms with E-state index in [1.165, 1.54) is 4.90 Å². The number of likely N-dealkylation sites (tertiary alicyclic amines) is 1. The van der Waals surface area contributed by atoms with E-state index in [1.54, 1.807) is 19.1 Å². The lowest BCUT2D eigenvalue weighted by atomic mass is 9.98. The molecule has 27 heavy (non-hydrogen) atoms. The molecule has 3 unspecified atom stereocenters. The Hall–Kier alpha value is -2.57. The predicted molar refractivity (Wildman–Crippen MR) is 98.4 cm³/mol. The van der Waals surface area contributed by atoms with Crippen molar-refractivity contribution in [3.63, 3.8) is 0 Å². The third-order valence-corrected chi connectivity index (χ3v) is 5.50. The molecule has 1 aromatic carbocycles. The van der Waals surface area contributed by atoms with Gasteiger partial charge in [-0.05, 0) is 42.9 Å². The molecule has 1 heterocycles. The average molecular weight is 374 g/mol. The van der Waals surface area contributed by atoms with Gasteiger partial charge in [-0.15, -0.1) is 0 Å². The summed E-state index contributed by atoms with van der Waals surface area (Å²) in [6, 6.07) is 7.72. The van der Waals surface area contributed by atoms with Gasteiger partial charge in [0.1, 0.15) is 5.75 Å². The average Bonchev–Trinajstić information content (AvgIpc) is 3.48. The normalized spacial score (nSPS) is 24.2. The molecule has 1 aliphatic heterocycles. The highest BCUT2D eigenvalue weighted by Crippen LogP contribution is 2.48. The highest BCUT2D eigenvalue weighted by atomic mass is 16.5. The van der Waals surface area contributed by atoms with Crippen LogP contribution in [-0.4, -0.2) is 66.5 Å². The van der Waals surface area contributed by atoms with Crippen LogP contribution in [0.3, 0.4) is 0 Å². The van der Waals surface area contributed by atoms with Crippen LogP contribution in [0.4, 0.5) is 0 Å². The molecule has 7 heteroatoms. The maximum atomic E-state index is 12.7. The Kier molecular flexibility index (Phi) is 5.68. The van der Waals surface area contributed by atoms with Gasteiger partial charge in [-0.3, -0.25) is 14.4 Å². The SMILES string of the molecule is COc1cccc(C2CC2C(=O)N(C)CC(=O)N2CCCC(C(=O)O)C2)c1. The molecular formula is C20H26N2O5. The van der Waals surface area contributed by atoms with Gasteiger partial charge in [0.2, 0.25) is 11.8 Å². The first-order valence-corrected chi connectivity index (χ1v) is 9.30. The number of aliphatic carboxylic acids is 1. The number of carboxylic acid groups (broad SMARTS) is 1. The topological polar surface area (TPSA) is 87.2 Å². The fraction of sp³-hybridized carbons (Fsp3) is 0.550. The van der Waals surface area contributed by atoms with Gasteiger partial charge in [-0.1, -0.05) is 12.1 Å². The molecule has 0 bridgehead atoms. The molecule has 2 aliphatic rings. The number of carbonyl (C=O) groups excluding carboxylic acids is 2. The molecule has 2 amide bonds. The predicted octanol–water partition coefficient (Wildman–Crippen LogP) is 1.58. The zero-order valence-corrected chi connectivity index (χ0v) is 15.8. The van der Waals surface area contributed by atoms with Crippen molar-refractivity contribution in [2.45, 2.75) is 25.2 Å². The first-order chi connectivity index (χ1) is 12.9. The second-order valence-electron chi connectivity index (χ2n) is 7.44. The lowest BCUT2D eigenvalue weighted by Crippen LogP contribution is -2.47. The Balaban J connectivity index is 1.53. The fourth-order valence-electron chi connectivity index (χ4n) is 3.78. The van der Waals surface area contributed by atoms with Crippen LogP contribution in [0.15, 0.2) is 24.3 Å². The van der Waals surface area contributed by atoms with Crippen LogP contribution >= 0.6 is 0 Å². The summed E-state index contributed by atoms with van der Waals surface area (Å²) in [7, 11) is 3.25. The van der Waals surface area contributed by atoms with E-state index in [2.05, 4.69) is 0 Å². The van der Waals surface area contributed by atoms with Gasteiger partial charge in [-0.25, -0.2) is 0 Å². The summed E-state index contributed by atoms with van der Waals surface area (Å²) in [6.45, 7) is 0.777. The molecule has 1 saturated heterocycles. The third-order valence-electron chi connectivity index (χ3n) is 5.50. The largest absolute Gasteiger partial charge is 0.497 e. The van der Waals surface area contributed by atoms with Crippen molar-refractivity contribution < 1.29 is 24.2 Å². The second-order valence-corrected chi connectivity index (χ2v) is 7.44. The summed E-state index contributed by atoms with van der Waals surface area (Å²) in [5.74, 6) is -0.772. The number of methoxy groups -OCH3 is 1. The number of likely N-dealkylation sites (N-methyl/N-ethyl adjacent to an activating group) is 1. The van der Waals surface area contributed by atoms with Crippen LogP contribution in [0.25, 0.3) is 0 Å². The summed E-state index contributed by atoms with van der Waals surface area (Å²) in [5, 5.41) is 9.15. The van der Waals surface area contributed by atoms with Gasteiger partial charge in [-0.2, -0.15) is 0 Å². The van der Waals surface area contributed by atoms with Gasteiger partial charge < -0.3 is 19.6 Å². The smallest absolute Gasteiger partial charge is 0.308 e. The van der Waals surface area contributed by atoms with Crippen molar-refractivity contribution in [1.82, 2.24) is 9.80 Å². The zero-order valence-electron chi connectivity index (χ0n) is 15.8. The van der Waals surface area contributed by atoms with E-state index in [0.717, 1.165) is 17.7 Å². The van der Waals surface area contributed by atoms with Gasteiger partial charge in [0.15, 0.2) is 0 Å². The van der Waals surface area contributed by atoms with Crippen LogP contribution in [0.5, 0.6) is 5.75 Å². The van der Waals surface area contributed by atoms with E-state index in [0.29, 0.717) is 19.4 Å². The first kappa shape index (κ1) is 19.2. The Morgan fingerprint density at radius 2 is 2.11 bits per heavy atom. The van der Waals surface area contributed by atoms with E-state index in [9.17, 15) is 14.4 Å². The quantitative estimate of drug-likeness (QED) is 0.817. The second kappa shape index (κ2) is 7.98. The van der Waals surface area contributed by atoms with Crippen molar-refractivity contribution in [2.75, 3.05) is 33.8 Å². The summed E-state index contributed by atoms with van der Waals surface area (Å²) in [5.41, 5.74) is 1.08. The van der Waals surface area contributed by atoms with E-state index in [-0.39, 0.29) is 36.7 Å². The Morgan fingerprint density at radius 1 is 1.33 bits per heavy atom.